The second kappa shape index (κ2) is 3.18. The maximum absolute atomic E-state index is 2.31. The molecule has 80 valence electrons. The van der Waals surface area contributed by atoms with Crippen molar-refractivity contribution in [1.29, 1.82) is 0 Å². The Labute approximate surface area is 96.4 Å². The molecule has 1 aliphatic rings. The van der Waals surface area contributed by atoms with Crippen molar-refractivity contribution in [3.05, 3.63) is 52.8 Å². The van der Waals surface area contributed by atoms with Crippen molar-refractivity contribution in [2.24, 2.45) is 7.05 Å². The Kier molecular flexibility index (Phi) is 1.90. The summed E-state index contributed by atoms with van der Waals surface area (Å²) in [5.74, 6) is 0. The van der Waals surface area contributed by atoms with Gasteiger partial charge in [0, 0.05) is 31.9 Å². The standard InChI is InChI=1S/C15H16N/c1-10-8-15-13-7-5-4-6-12(13)9-14(15)11(2)16(10)3/h4-8H,9H2,1-3H3/q+1. The summed E-state index contributed by atoms with van der Waals surface area (Å²) in [6.07, 6.45) is 1.09. The van der Waals surface area contributed by atoms with E-state index in [1.54, 1.807) is 0 Å². The van der Waals surface area contributed by atoms with E-state index in [2.05, 4.69) is 55.8 Å². The van der Waals surface area contributed by atoms with E-state index in [4.69, 9.17) is 0 Å². The zero-order valence-corrected chi connectivity index (χ0v) is 10.0. The maximum atomic E-state index is 2.31. The van der Waals surface area contributed by atoms with Crippen LogP contribution >= 0.6 is 0 Å². The molecule has 1 heterocycles. The first-order chi connectivity index (χ1) is 7.68. The van der Waals surface area contributed by atoms with Crippen LogP contribution in [0.5, 0.6) is 0 Å². The van der Waals surface area contributed by atoms with Gasteiger partial charge < -0.3 is 0 Å². The fraction of sp³-hybridized carbons (Fsp3) is 0.267. The number of hydrogen-bond acceptors (Lipinski definition) is 0. The summed E-state index contributed by atoms with van der Waals surface area (Å²) in [5.41, 5.74) is 8.53. The number of nitrogens with zero attached hydrogens (tertiary/aromatic N) is 1. The molecule has 1 aromatic heterocycles. The highest BCUT2D eigenvalue weighted by Crippen LogP contribution is 2.37. The minimum Gasteiger partial charge on any atom is -0.203 e. The lowest BCUT2D eigenvalue weighted by molar-refractivity contribution is -0.684. The molecule has 0 spiro atoms. The van der Waals surface area contributed by atoms with Crippen LogP contribution in [0, 0.1) is 13.8 Å². The van der Waals surface area contributed by atoms with Crippen LogP contribution in [0.2, 0.25) is 0 Å². The van der Waals surface area contributed by atoms with Gasteiger partial charge in [-0.15, -0.1) is 0 Å². The number of pyridine rings is 1. The minimum atomic E-state index is 1.09. The van der Waals surface area contributed by atoms with Gasteiger partial charge in [0.25, 0.3) is 0 Å². The zero-order chi connectivity index (χ0) is 11.3. The predicted molar refractivity (Wildman–Crippen MR) is 65.3 cm³/mol. The molecule has 2 aromatic rings. The van der Waals surface area contributed by atoms with Crippen molar-refractivity contribution < 1.29 is 4.57 Å². The fourth-order valence-electron chi connectivity index (χ4n) is 2.65. The van der Waals surface area contributed by atoms with E-state index in [0.717, 1.165) is 6.42 Å². The number of hydrogen-bond donors (Lipinski definition) is 0. The molecule has 0 saturated heterocycles. The van der Waals surface area contributed by atoms with Gasteiger partial charge in [-0.2, -0.15) is 0 Å². The summed E-state index contributed by atoms with van der Waals surface area (Å²) in [7, 11) is 2.15. The predicted octanol–water partition coefficient (Wildman–Crippen LogP) is 2.70. The van der Waals surface area contributed by atoms with Crippen LogP contribution in [-0.2, 0) is 13.5 Å². The molecule has 16 heavy (non-hydrogen) atoms. The smallest absolute Gasteiger partial charge is 0.182 e. The number of aryl methyl sites for hydroxylation is 1. The first kappa shape index (κ1) is 9.59. The van der Waals surface area contributed by atoms with Crippen molar-refractivity contribution in [3.8, 4) is 11.1 Å². The molecule has 0 N–H and O–H groups in total. The summed E-state index contributed by atoms with van der Waals surface area (Å²) in [5, 5.41) is 0. The van der Waals surface area contributed by atoms with E-state index >= 15 is 0 Å². The fourth-order valence-corrected chi connectivity index (χ4v) is 2.65. The number of benzene rings is 1. The van der Waals surface area contributed by atoms with Gasteiger partial charge in [-0.05, 0) is 16.7 Å². The topological polar surface area (TPSA) is 3.88 Å². The Hall–Kier alpha value is -1.63. The van der Waals surface area contributed by atoms with Crippen LogP contribution in [0.3, 0.4) is 0 Å². The van der Waals surface area contributed by atoms with Crippen LogP contribution in [0.1, 0.15) is 22.5 Å². The highest BCUT2D eigenvalue weighted by atomic mass is 14.9. The van der Waals surface area contributed by atoms with Gasteiger partial charge in [0.2, 0.25) is 0 Å². The van der Waals surface area contributed by atoms with Gasteiger partial charge in [0.15, 0.2) is 11.4 Å². The molecule has 0 saturated carbocycles. The van der Waals surface area contributed by atoms with Crippen molar-refractivity contribution in [2.45, 2.75) is 20.3 Å². The molecular weight excluding hydrogens is 194 g/mol. The van der Waals surface area contributed by atoms with Gasteiger partial charge in [0.05, 0.1) is 0 Å². The summed E-state index contributed by atoms with van der Waals surface area (Å²) in [6.45, 7) is 4.39. The maximum Gasteiger partial charge on any atom is 0.182 e. The summed E-state index contributed by atoms with van der Waals surface area (Å²) in [6, 6.07) is 11.1. The van der Waals surface area contributed by atoms with Crippen molar-refractivity contribution >= 4 is 0 Å². The Balaban J connectivity index is 2.34. The average molecular weight is 210 g/mol. The third-order valence-electron chi connectivity index (χ3n) is 3.82. The molecule has 1 aromatic carbocycles. The molecule has 1 nitrogen and oxygen atoms in total. The van der Waals surface area contributed by atoms with E-state index in [-0.39, 0.29) is 0 Å². The zero-order valence-electron chi connectivity index (χ0n) is 10.0. The molecule has 1 heteroatoms. The molecule has 0 bridgehead atoms. The van der Waals surface area contributed by atoms with Gasteiger partial charge in [-0.1, -0.05) is 24.3 Å². The van der Waals surface area contributed by atoms with E-state index in [0.29, 0.717) is 0 Å². The molecule has 3 rings (SSSR count). The van der Waals surface area contributed by atoms with Gasteiger partial charge in [-0.25, -0.2) is 4.57 Å². The molecule has 0 amide bonds. The molecule has 0 aliphatic heterocycles. The summed E-state index contributed by atoms with van der Waals surface area (Å²) in [4.78, 5) is 0. The number of fused-ring (bicyclic) bond motifs is 3. The third kappa shape index (κ3) is 1.15. The van der Waals surface area contributed by atoms with Crippen LogP contribution < -0.4 is 4.57 Å². The molecule has 0 fully saturated rings. The first-order valence-electron chi connectivity index (χ1n) is 5.76. The third-order valence-corrected chi connectivity index (χ3v) is 3.82. The monoisotopic (exact) mass is 210 g/mol. The highest BCUT2D eigenvalue weighted by molar-refractivity contribution is 5.76. The average Bonchev–Trinajstić information content (AvgIpc) is 2.65. The quantitative estimate of drug-likeness (QED) is 0.502. The number of aromatic nitrogens is 1. The van der Waals surface area contributed by atoms with E-state index in [9.17, 15) is 0 Å². The molecular formula is C15H16N+. The van der Waals surface area contributed by atoms with Crippen LogP contribution in [0.25, 0.3) is 11.1 Å². The minimum absolute atomic E-state index is 1.09. The molecule has 0 unspecified atom stereocenters. The lowest BCUT2D eigenvalue weighted by Crippen LogP contribution is -2.36. The van der Waals surface area contributed by atoms with Crippen LogP contribution in [0.4, 0.5) is 0 Å². The van der Waals surface area contributed by atoms with Gasteiger partial charge in [-0.3, -0.25) is 0 Å². The second-order valence-corrected chi connectivity index (χ2v) is 4.66. The van der Waals surface area contributed by atoms with Crippen LogP contribution in [-0.4, -0.2) is 0 Å². The Morgan fingerprint density at radius 2 is 1.81 bits per heavy atom. The number of rotatable bonds is 0. The van der Waals surface area contributed by atoms with Crippen molar-refractivity contribution in [2.75, 3.05) is 0 Å². The SMILES string of the molecule is Cc1cc2c(c(C)[n+]1C)Cc1ccccc1-2. The Bertz CT molecular complexity index is 582. The van der Waals surface area contributed by atoms with E-state index in [1.807, 2.05) is 0 Å². The van der Waals surface area contributed by atoms with Gasteiger partial charge in [0.1, 0.15) is 7.05 Å². The molecule has 1 aliphatic carbocycles. The van der Waals surface area contributed by atoms with Crippen molar-refractivity contribution in [1.82, 2.24) is 0 Å². The molecule has 0 radical (unpaired) electrons. The Morgan fingerprint density at radius 1 is 1.06 bits per heavy atom. The van der Waals surface area contributed by atoms with E-state index in [1.165, 1.54) is 33.6 Å². The lowest BCUT2D eigenvalue weighted by Gasteiger charge is -2.05. The van der Waals surface area contributed by atoms with E-state index < -0.39 is 0 Å². The largest absolute Gasteiger partial charge is 0.203 e. The highest BCUT2D eigenvalue weighted by Gasteiger charge is 2.25. The first-order valence-corrected chi connectivity index (χ1v) is 5.76. The molecule has 0 atom stereocenters. The summed E-state index contributed by atoms with van der Waals surface area (Å²) >= 11 is 0. The second-order valence-electron chi connectivity index (χ2n) is 4.66. The lowest BCUT2D eigenvalue weighted by atomic mass is 10.0. The Morgan fingerprint density at radius 3 is 2.62 bits per heavy atom. The van der Waals surface area contributed by atoms with Crippen LogP contribution in [0.15, 0.2) is 30.3 Å². The van der Waals surface area contributed by atoms with Crippen molar-refractivity contribution in [3.63, 3.8) is 0 Å². The normalized spacial score (nSPS) is 12.4. The van der Waals surface area contributed by atoms with Gasteiger partial charge >= 0.3 is 0 Å². The summed E-state index contributed by atoms with van der Waals surface area (Å²) < 4.78 is 2.28.